The van der Waals surface area contributed by atoms with Crippen molar-refractivity contribution in [1.82, 2.24) is 9.88 Å². The van der Waals surface area contributed by atoms with Gasteiger partial charge in [0.05, 0.1) is 19.7 Å². The average molecular weight is 352 g/mol. The number of pyridine rings is 1. The summed E-state index contributed by atoms with van der Waals surface area (Å²) in [6.07, 6.45) is -0.199. The maximum Gasteiger partial charge on any atom is 0.410 e. The number of aliphatic hydroxyl groups is 1. The minimum atomic E-state index is -1.46. The number of carboxylic acids is 1. The third-order valence-corrected chi connectivity index (χ3v) is 3.59. The molecule has 0 bridgehead atoms. The number of carbonyl (C=O) groups is 2. The summed E-state index contributed by atoms with van der Waals surface area (Å²) in [4.78, 5) is 29.1. The maximum atomic E-state index is 12.4. The van der Waals surface area contributed by atoms with Gasteiger partial charge < -0.3 is 24.6 Å². The average Bonchev–Trinajstić information content (AvgIpc) is 2.66. The van der Waals surface area contributed by atoms with Crippen LogP contribution in [0.2, 0.25) is 0 Å². The molecule has 2 N–H and O–H groups in total. The predicted molar refractivity (Wildman–Crippen MR) is 88.1 cm³/mol. The maximum absolute atomic E-state index is 12.4. The van der Waals surface area contributed by atoms with Crippen LogP contribution in [0.25, 0.3) is 0 Å². The number of rotatable bonds is 3. The Morgan fingerprint density at radius 3 is 2.72 bits per heavy atom. The zero-order valence-corrected chi connectivity index (χ0v) is 14.6. The van der Waals surface area contributed by atoms with E-state index in [1.54, 1.807) is 45.2 Å². The van der Waals surface area contributed by atoms with Gasteiger partial charge in [-0.25, -0.2) is 9.59 Å². The Morgan fingerprint density at radius 2 is 2.16 bits per heavy atom. The molecule has 1 amide bonds. The number of β-amino-alcohol motifs (C(OH)–C–C–N with tert-alkyl or cyclic N) is 1. The lowest BCUT2D eigenvalue weighted by Crippen LogP contribution is -2.49. The molecule has 2 heterocycles. The molecule has 8 heteroatoms. The molecule has 1 aromatic heterocycles. The quantitative estimate of drug-likeness (QED) is 0.837. The van der Waals surface area contributed by atoms with Crippen molar-refractivity contribution in [1.29, 1.82) is 0 Å². The second-order valence-electron chi connectivity index (χ2n) is 7.22. The van der Waals surface area contributed by atoms with Gasteiger partial charge in [-0.3, -0.25) is 4.98 Å². The van der Waals surface area contributed by atoms with Gasteiger partial charge in [-0.15, -0.1) is 0 Å². The molecule has 2 rings (SSSR count). The zero-order valence-electron chi connectivity index (χ0n) is 14.6. The first-order valence-electron chi connectivity index (χ1n) is 8.03. The molecule has 1 aliphatic rings. The van der Waals surface area contributed by atoms with Crippen LogP contribution in [-0.4, -0.2) is 69.2 Å². The Kier molecular flexibility index (Phi) is 5.64. The predicted octanol–water partition coefficient (Wildman–Crippen LogP) is 1.08. The first-order chi connectivity index (χ1) is 11.6. The summed E-state index contributed by atoms with van der Waals surface area (Å²) in [5.41, 5.74) is -1.58. The van der Waals surface area contributed by atoms with Gasteiger partial charge in [0.2, 0.25) is 0 Å². The zero-order chi connectivity index (χ0) is 18.7. The molecular formula is C17H24N2O6. The highest BCUT2D eigenvalue weighted by atomic mass is 16.6. The van der Waals surface area contributed by atoms with Crippen LogP contribution in [0.4, 0.5) is 4.79 Å². The van der Waals surface area contributed by atoms with E-state index in [-0.39, 0.29) is 26.1 Å². The largest absolute Gasteiger partial charge is 0.479 e. The normalized spacial score (nSPS) is 24.5. The van der Waals surface area contributed by atoms with Gasteiger partial charge in [0.15, 0.2) is 6.10 Å². The Bertz CT molecular complexity index is 615. The molecule has 2 atom stereocenters. The van der Waals surface area contributed by atoms with Crippen molar-refractivity contribution in [3.63, 3.8) is 0 Å². The summed E-state index contributed by atoms with van der Waals surface area (Å²) >= 11 is 0. The highest BCUT2D eigenvalue weighted by Gasteiger charge is 2.41. The molecule has 0 radical (unpaired) electrons. The van der Waals surface area contributed by atoms with E-state index in [0.717, 1.165) is 0 Å². The van der Waals surface area contributed by atoms with Crippen LogP contribution in [0, 0.1) is 0 Å². The van der Waals surface area contributed by atoms with Crippen molar-refractivity contribution < 1.29 is 29.3 Å². The highest BCUT2D eigenvalue weighted by molar-refractivity contribution is 5.75. The van der Waals surface area contributed by atoms with Gasteiger partial charge >= 0.3 is 12.1 Å². The monoisotopic (exact) mass is 352 g/mol. The Hall–Kier alpha value is -2.19. The number of amides is 1. The standard InChI is InChI=1S/C17H24N2O6/c1-16(2,3)25-15(22)19-9-13(14(20)21)24-11-17(23,10-19)8-12-6-4-5-7-18-12/h4-7,13,23H,8-11H2,1-3H3,(H,20,21)/t13-,17?/m0/s1. The molecular weight excluding hydrogens is 328 g/mol. The SMILES string of the molecule is CC(C)(C)OC(=O)N1C[C@@H](C(=O)O)OCC(O)(Cc2ccccn2)C1. The molecule has 1 aromatic rings. The van der Waals surface area contributed by atoms with E-state index in [1.165, 1.54) is 4.90 Å². The van der Waals surface area contributed by atoms with E-state index < -0.39 is 29.4 Å². The molecule has 0 aliphatic carbocycles. The molecule has 0 spiro atoms. The molecule has 8 nitrogen and oxygen atoms in total. The van der Waals surface area contributed by atoms with Crippen LogP contribution >= 0.6 is 0 Å². The minimum absolute atomic E-state index is 0.109. The second kappa shape index (κ2) is 7.37. The van der Waals surface area contributed by atoms with E-state index in [9.17, 15) is 19.8 Å². The Morgan fingerprint density at radius 1 is 1.44 bits per heavy atom. The highest BCUT2D eigenvalue weighted by Crippen LogP contribution is 2.22. The van der Waals surface area contributed by atoms with Crippen molar-refractivity contribution in [3.05, 3.63) is 30.1 Å². The fraction of sp³-hybridized carbons (Fsp3) is 0.588. The summed E-state index contributed by atoms with van der Waals surface area (Å²) in [7, 11) is 0. The van der Waals surface area contributed by atoms with Crippen molar-refractivity contribution in [2.24, 2.45) is 0 Å². The molecule has 138 valence electrons. The van der Waals surface area contributed by atoms with E-state index in [0.29, 0.717) is 5.69 Å². The molecule has 0 saturated carbocycles. The number of hydrogen-bond acceptors (Lipinski definition) is 6. The molecule has 0 aromatic carbocycles. The van der Waals surface area contributed by atoms with E-state index >= 15 is 0 Å². The Balaban J connectivity index is 2.21. The van der Waals surface area contributed by atoms with Gasteiger partial charge in [-0.2, -0.15) is 0 Å². The number of carboxylic acid groups (broad SMARTS) is 1. The molecule has 1 aliphatic heterocycles. The van der Waals surface area contributed by atoms with Gasteiger partial charge in [-0.1, -0.05) is 6.07 Å². The van der Waals surface area contributed by atoms with Gasteiger partial charge in [-0.05, 0) is 32.9 Å². The van der Waals surface area contributed by atoms with Crippen molar-refractivity contribution in [2.75, 3.05) is 19.7 Å². The summed E-state index contributed by atoms with van der Waals surface area (Å²) in [5.74, 6) is -1.20. The number of nitrogens with zero attached hydrogens (tertiary/aromatic N) is 2. The first-order valence-corrected chi connectivity index (χ1v) is 8.03. The fourth-order valence-electron chi connectivity index (χ4n) is 2.54. The topological polar surface area (TPSA) is 109 Å². The van der Waals surface area contributed by atoms with Crippen molar-refractivity contribution in [2.45, 2.75) is 44.5 Å². The van der Waals surface area contributed by atoms with Crippen LogP contribution < -0.4 is 0 Å². The number of carbonyl (C=O) groups excluding carboxylic acids is 1. The first kappa shape index (κ1) is 19.1. The molecule has 1 unspecified atom stereocenters. The molecule has 25 heavy (non-hydrogen) atoms. The number of ether oxygens (including phenoxy) is 2. The van der Waals surface area contributed by atoms with Crippen LogP contribution in [0.3, 0.4) is 0 Å². The van der Waals surface area contributed by atoms with Gasteiger partial charge in [0, 0.05) is 18.3 Å². The lowest BCUT2D eigenvalue weighted by Gasteiger charge is -2.32. The second-order valence-corrected chi connectivity index (χ2v) is 7.22. The van der Waals surface area contributed by atoms with E-state index in [2.05, 4.69) is 4.98 Å². The fourth-order valence-corrected chi connectivity index (χ4v) is 2.54. The number of hydrogen-bond donors (Lipinski definition) is 2. The number of aliphatic carboxylic acids is 1. The minimum Gasteiger partial charge on any atom is -0.479 e. The lowest BCUT2D eigenvalue weighted by molar-refractivity contribution is -0.152. The summed E-state index contributed by atoms with van der Waals surface area (Å²) < 4.78 is 10.7. The van der Waals surface area contributed by atoms with Gasteiger partial charge in [0.1, 0.15) is 11.2 Å². The van der Waals surface area contributed by atoms with Crippen LogP contribution in [0.5, 0.6) is 0 Å². The number of aromatic nitrogens is 1. The van der Waals surface area contributed by atoms with Gasteiger partial charge in [0.25, 0.3) is 0 Å². The molecule has 1 fully saturated rings. The lowest BCUT2D eigenvalue weighted by atomic mass is 9.98. The van der Waals surface area contributed by atoms with Crippen molar-refractivity contribution >= 4 is 12.1 Å². The summed E-state index contributed by atoms with van der Waals surface area (Å²) in [6, 6.07) is 5.29. The Labute approximate surface area is 146 Å². The third-order valence-electron chi connectivity index (χ3n) is 3.59. The third kappa shape index (κ3) is 5.68. The van der Waals surface area contributed by atoms with Crippen molar-refractivity contribution in [3.8, 4) is 0 Å². The summed E-state index contributed by atoms with van der Waals surface area (Å²) in [5, 5.41) is 20.2. The van der Waals surface area contributed by atoms with Crippen LogP contribution in [-0.2, 0) is 20.7 Å². The van der Waals surface area contributed by atoms with Crippen LogP contribution in [0.15, 0.2) is 24.4 Å². The van der Waals surface area contributed by atoms with Crippen LogP contribution in [0.1, 0.15) is 26.5 Å². The molecule has 1 saturated heterocycles. The smallest absolute Gasteiger partial charge is 0.410 e. The van der Waals surface area contributed by atoms with E-state index in [1.807, 2.05) is 0 Å². The summed E-state index contributed by atoms with van der Waals surface area (Å²) in [6.45, 7) is 4.62. The van der Waals surface area contributed by atoms with E-state index in [4.69, 9.17) is 9.47 Å².